The molecule has 1 aliphatic rings. The van der Waals surface area contributed by atoms with Gasteiger partial charge in [0.25, 0.3) is 0 Å². The Hall–Kier alpha value is -5.29. The molecule has 0 radical (unpaired) electrons. The lowest BCUT2D eigenvalue weighted by molar-refractivity contribution is 0.672. The van der Waals surface area contributed by atoms with Crippen LogP contribution in [-0.4, -0.2) is 20.9 Å². The highest BCUT2D eigenvalue weighted by molar-refractivity contribution is 6.88. The van der Waals surface area contributed by atoms with Gasteiger partial charge in [-0.3, -0.25) is 4.57 Å². The Kier molecular flexibility index (Phi) is 4.51. The number of pyridine rings is 1. The van der Waals surface area contributed by atoms with E-state index in [1.54, 1.807) is 0 Å². The maximum Gasteiger partial charge on any atom is 0.332 e. The highest BCUT2D eigenvalue weighted by atomic mass is 16.3. The monoisotopic (exact) mass is 565 g/mol. The molecular formula is C39H28BN3O. The first-order chi connectivity index (χ1) is 21.5. The molecule has 0 amide bonds. The van der Waals surface area contributed by atoms with Gasteiger partial charge in [-0.2, -0.15) is 0 Å². The van der Waals surface area contributed by atoms with Gasteiger partial charge in [0.2, 0.25) is 0 Å². The number of fused-ring (bicyclic) bond motifs is 12. The second kappa shape index (κ2) is 8.21. The quantitative estimate of drug-likeness (QED) is 0.188. The summed E-state index contributed by atoms with van der Waals surface area (Å²) >= 11 is 0. The molecule has 0 unspecified atom stereocenters. The number of rotatable bonds is 1. The molecule has 4 nitrogen and oxygen atoms in total. The molecule has 44 heavy (non-hydrogen) atoms. The number of benzene rings is 5. The smallest absolute Gasteiger partial charge is 0.332 e. The van der Waals surface area contributed by atoms with Crippen LogP contribution in [0.5, 0.6) is 0 Å². The molecule has 208 valence electrons. The van der Waals surface area contributed by atoms with E-state index in [4.69, 9.17) is 9.40 Å². The van der Waals surface area contributed by atoms with Crippen LogP contribution in [0.2, 0.25) is 0 Å². The molecule has 4 aromatic heterocycles. The lowest BCUT2D eigenvalue weighted by Crippen LogP contribution is -2.53. The van der Waals surface area contributed by atoms with Crippen LogP contribution in [0.4, 0.5) is 0 Å². The first kappa shape index (κ1) is 24.2. The second-order valence-electron chi connectivity index (χ2n) is 12.7. The highest BCUT2D eigenvalue weighted by Crippen LogP contribution is 2.41. The van der Waals surface area contributed by atoms with Crippen molar-refractivity contribution in [2.75, 3.05) is 0 Å². The van der Waals surface area contributed by atoms with E-state index in [0.717, 1.165) is 33.0 Å². The number of nitrogens with zero attached hydrogens (tertiary/aromatic N) is 3. The van der Waals surface area contributed by atoms with Gasteiger partial charge in [-0.05, 0) is 74.0 Å². The predicted molar refractivity (Wildman–Crippen MR) is 185 cm³/mol. The standard InChI is InChI=1S/C39H28BN3O/c1-21-16-23(3)35-27(18-21)28-19-22(2)17-24(4)36(28)43(35)40-30-12-6-7-14-32(30)42-37-26(11-9-13-31(37)40)34-38-29(20-41-39(34)42)25-10-5-8-15-33(25)44-38/h5-20H,1-4H3. The van der Waals surface area contributed by atoms with E-state index in [0.29, 0.717) is 0 Å². The minimum atomic E-state index is -0.0133. The first-order valence-corrected chi connectivity index (χ1v) is 15.3. The number of aromatic nitrogens is 3. The Bertz CT molecular complexity index is 2660. The molecule has 5 heteroatoms. The van der Waals surface area contributed by atoms with Gasteiger partial charge in [-0.25, -0.2) is 4.98 Å². The fourth-order valence-electron chi connectivity index (χ4n) is 8.37. The average Bonchev–Trinajstić information content (AvgIpc) is 3.66. The number of hydrogen-bond donors (Lipinski definition) is 0. The molecular weight excluding hydrogens is 537 g/mol. The van der Waals surface area contributed by atoms with Crippen molar-refractivity contribution in [1.82, 2.24) is 14.0 Å². The van der Waals surface area contributed by atoms with Crippen molar-refractivity contribution in [3.05, 3.63) is 119 Å². The topological polar surface area (TPSA) is 35.9 Å². The number of para-hydroxylation sites is 3. The van der Waals surface area contributed by atoms with Crippen molar-refractivity contribution in [3.63, 3.8) is 0 Å². The summed E-state index contributed by atoms with van der Waals surface area (Å²) in [5.74, 6) is 0. The maximum absolute atomic E-state index is 6.59. The Labute approximate surface area is 254 Å². The molecule has 0 saturated carbocycles. The molecule has 0 N–H and O–H groups in total. The summed E-state index contributed by atoms with van der Waals surface area (Å²) in [6.07, 6.45) is 1.99. The van der Waals surface area contributed by atoms with Crippen LogP contribution in [0.25, 0.3) is 71.4 Å². The van der Waals surface area contributed by atoms with Crippen molar-refractivity contribution in [3.8, 4) is 5.69 Å². The van der Waals surface area contributed by atoms with E-state index >= 15 is 0 Å². The Morgan fingerprint density at radius 3 is 2.05 bits per heavy atom. The van der Waals surface area contributed by atoms with Crippen molar-refractivity contribution in [1.29, 1.82) is 0 Å². The molecule has 0 spiro atoms. The zero-order chi connectivity index (χ0) is 29.4. The van der Waals surface area contributed by atoms with Gasteiger partial charge in [0.05, 0.1) is 10.9 Å². The summed E-state index contributed by atoms with van der Waals surface area (Å²) in [6, 6.07) is 33.3. The largest absolute Gasteiger partial charge is 0.455 e. The molecule has 10 rings (SSSR count). The summed E-state index contributed by atoms with van der Waals surface area (Å²) < 4.78 is 11.6. The van der Waals surface area contributed by atoms with Gasteiger partial charge < -0.3 is 8.90 Å². The van der Waals surface area contributed by atoms with Gasteiger partial charge in [0.1, 0.15) is 16.8 Å². The third kappa shape index (κ3) is 2.87. The van der Waals surface area contributed by atoms with Crippen LogP contribution >= 0.6 is 0 Å². The van der Waals surface area contributed by atoms with E-state index in [2.05, 4.69) is 116 Å². The van der Waals surface area contributed by atoms with Crippen LogP contribution in [0.15, 0.2) is 102 Å². The van der Waals surface area contributed by atoms with Crippen molar-refractivity contribution in [2.45, 2.75) is 27.7 Å². The lowest BCUT2D eigenvalue weighted by Gasteiger charge is -2.28. The molecule has 0 atom stereocenters. The Balaban J connectivity index is 1.42. The van der Waals surface area contributed by atoms with Crippen LogP contribution in [-0.2, 0) is 0 Å². The predicted octanol–water partition coefficient (Wildman–Crippen LogP) is 8.39. The molecule has 0 fully saturated rings. The van der Waals surface area contributed by atoms with Gasteiger partial charge >= 0.3 is 6.85 Å². The van der Waals surface area contributed by atoms with E-state index < -0.39 is 0 Å². The maximum atomic E-state index is 6.59. The molecule has 0 bridgehead atoms. The van der Waals surface area contributed by atoms with Crippen LogP contribution in [0, 0.1) is 27.7 Å². The zero-order valence-corrected chi connectivity index (χ0v) is 25.1. The number of aryl methyl sites for hydroxylation is 4. The second-order valence-corrected chi connectivity index (χ2v) is 12.7. The summed E-state index contributed by atoms with van der Waals surface area (Å²) in [6.45, 7) is 8.93. The molecule has 0 saturated heterocycles. The fourth-order valence-corrected chi connectivity index (χ4v) is 8.37. The van der Waals surface area contributed by atoms with Crippen LogP contribution in [0.1, 0.15) is 22.3 Å². The van der Waals surface area contributed by atoms with Crippen molar-refractivity contribution in [2.24, 2.45) is 0 Å². The lowest BCUT2D eigenvalue weighted by atomic mass is 9.48. The van der Waals surface area contributed by atoms with Crippen molar-refractivity contribution < 1.29 is 4.42 Å². The SMILES string of the molecule is Cc1cc(C)c2c(c1)c1cc(C)cc(C)c1n2B1c2ccccc2-n2c3ncc4c5ccccc5oc4c3c3cccc1c32. The third-order valence-corrected chi connectivity index (χ3v) is 9.86. The Morgan fingerprint density at radius 1 is 0.614 bits per heavy atom. The van der Waals surface area contributed by atoms with Gasteiger partial charge in [0, 0.05) is 49.8 Å². The minimum absolute atomic E-state index is 0.0133. The van der Waals surface area contributed by atoms with E-state index in [1.165, 1.54) is 71.6 Å². The molecule has 0 aliphatic carbocycles. The van der Waals surface area contributed by atoms with Gasteiger partial charge in [-0.1, -0.05) is 77.9 Å². The van der Waals surface area contributed by atoms with Crippen molar-refractivity contribution >= 4 is 83.5 Å². The third-order valence-electron chi connectivity index (χ3n) is 9.86. The van der Waals surface area contributed by atoms with E-state index in [-0.39, 0.29) is 6.85 Å². The highest BCUT2D eigenvalue weighted by Gasteiger charge is 2.37. The minimum Gasteiger partial charge on any atom is -0.455 e. The van der Waals surface area contributed by atoms with Gasteiger partial charge in [0.15, 0.2) is 0 Å². The number of furan rings is 1. The van der Waals surface area contributed by atoms with E-state index in [9.17, 15) is 0 Å². The van der Waals surface area contributed by atoms with Crippen LogP contribution in [0.3, 0.4) is 0 Å². The fraction of sp³-hybridized carbons (Fsp3) is 0.103. The summed E-state index contributed by atoms with van der Waals surface area (Å²) in [5.41, 5.74) is 15.5. The van der Waals surface area contributed by atoms with Gasteiger partial charge in [-0.15, -0.1) is 0 Å². The molecule has 1 aliphatic heterocycles. The molecule has 9 aromatic rings. The summed E-state index contributed by atoms with van der Waals surface area (Å²) in [7, 11) is 0. The zero-order valence-electron chi connectivity index (χ0n) is 25.1. The van der Waals surface area contributed by atoms with Crippen LogP contribution < -0.4 is 10.9 Å². The summed E-state index contributed by atoms with van der Waals surface area (Å²) in [5, 5.41) is 7.06. The normalized spacial score (nSPS) is 13.0. The van der Waals surface area contributed by atoms with E-state index in [1.807, 2.05) is 18.3 Å². The number of hydrogen-bond acceptors (Lipinski definition) is 2. The molecule has 5 heterocycles. The average molecular weight is 565 g/mol. The Morgan fingerprint density at radius 2 is 1.27 bits per heavy atom. The summed E-state index contributed by atoms with van der Waals surface area (Å²) in [4.78, 5) is 5.15. The first-order valence-electron chi connectivity index (χ1n) is 15.3. The molecule has 5 aromatic carbocycles.